The summed E-state index contributed by atoms with van der Waals surface area (Å²) >= 11 is 0. The number of hydrogen-bond acceptors (Lipinski definition) is 6. The van der Waals surface area contributed by atoms with Gasteiger partial charge in [0.05, 0.1) is 33.8 Å². The van der Waals surface area contributed by atoms with Crippen LogP contribution in [0, 0.1) is 0 Å². The molecule has 9 nitrogen and oxygen atoms in total. The van der Waals surface area contributed by atoms with Crippen LogP contribution in [0.5, 0.6) is 5.75 Å². The molecule has 0 fully saturated rings. The van der Waals surface area contributed by atoms with E-state index >= 15 is 0 Å². The van der Waals surface area contributed by atoms with Crippen molar-refractivity contribution in [1.82, 2.24) is 4.72 Å². The van der Waals surface area contributed by atoms with Gasteiger partial charge in [-0.05, 0) is 62.4 Å². The Morgan fingerprint density at radius 2 is 1.59 bits per heavy atom. The molecule has 39 heavy (non-hydrogen) atoms. The summed E-state index contributed by atoms with van der Waals surface area (Å²) < 4.78 is 100. The third kappa shape index (κ3) is 7.28. The third-order valence-electron chi connectivity index (χ3n) is 5.23. The lowest BCUT2D eigenvalue weighted by molar-refractivity contribution is -0.137. The van der Waals surface area contributed by atoms with E-state index in [1.54, 1.807) is 19.9 Å². The SMILES string of the molecule is COc1ccc(S(=O)(=O)NC(C)C)cc1NC(=O)CN(c1cccc(C(F)(F)F)c1)S(=O)(=O)c1ccccc1. The van der Waals surface area contributed by atoms with Crippen molar-refractivity contribution >= 4 is 37.3 Å². The number of benzene rings is 3. The topological polar surface area (TPSA) is 122 Å². The summed E-state index contributed by atoms with van der Waals surface area (Å²) in [7, 11) is -7.17. The first kappa shape index (κ1) is 29.9. The molecular formula is C25H26F3N3O6S2. The largest absolute Gasteiger partial charge is 0.495 e. The van der Waals surface area contributed by atoms with Gasteiger partial charge in [0.25, 0.3) is 10.0 Å². The van der Waals surface area contributed by atoms with Crippen LogP contribution in [0.1, 0.15) is 19.4 Å². The fourth-order valence-electron chi connectivity index (χ4n) is 3.52. The van der Waals surface area contributed by atoms with Crippen molar-refractivity contribution in [3.8, 4) is 5.75 Å². The second-order valence-electron chi connectivity index (χ2n) is 8.56. The van der Waals surface area contributed by atoms with Crippen LogP contribution in [0.25, 0.3) is 0 Å². The van der Waals surface area contributed by atoms with Crippen molar-refractivity contribution in [3.63, 3.8) is 0 Å². The van der Waals surface area contributed by atoms with Gasteiger partial charge in [-0.3, -0.25) is 9.10 Å². The Balaban J connectivity index is 2.02. The van der Waals surface area contributed by atoms with Gasteiger partial charge in [-0.2, -0.15) is 13.2 Å². The van der Waals surface area contributed by atoms with E-state index in [9.17, 15) is 34.8 Å². The molecule has 210 valence electrons. The van der Waals surface area contributed by atoms with E-state index in [-0.39, 0.29) is 21.2 Å². The molecule has 0 radical (unpaired) electrons. The summed E-state index contributed by atoms with van der Waals surface area (Å²) in [4.78, 5) is 12.7. The summed E-state index contributed by atoms with van der Waals surface area (Å²) in [6.07, 6.45) is -4.76. The van der Waals surface area contributed by atoms with Crippen molar-refractivity contribution in [2.45, 2.75) is 35.9 Å². The quantitative estimate of drug-likeness (QED) is 0.367. The molecule has 0 atom stereocenters. The number of anilines is 2. The normalized spacial score (nSPS) is 12.3. The van der Waals surface area contributed by atoms with E-state index in [1.165, 1.54) is 43.5 Å². The summed E-state index contributed by atoms with van der Waals surface area (Å²) in [6, 6.07) is 13.7. The highest BCUT2D eigenvalue weighted by molar-refractivity contribution is 7.92. The van der Waals surface area contributed by atoms with Crippen LogP contribution in [-0.4, -0.2) is 42.4 Å². The predicted molar refractivity (Wildman–Crippen MR) is 139 cm³/mol. The summed E-state index contributed by atoms with van der Waals surface area (Å²) in [5, 5.41) is 2.41. The lowest BCUT2D eigenvalue weighted by Gasteiger charge is -2.25. The fraction of sp³-hybridized carbons (Fsp3) is 0.240. The van der Waals surface area contributed by atoms with Gasteiger partial charge in [-0.1, -0.05) is 24.3 Å². The highest BCUT2D eigenvalue weighted by Crippen LogP contribution is 2.33. The zero-order valence-corrected chi connectivity index (χ0v) is 22.7. The molecule has 0 aliphatic carbocycles. The monoisotopic (exact) mass is 585 g/mol. The van der Waals surface area contributed by atoms with E-state index in [1.807, 2.05) is 0 Å². The first-order chi connectivity index (χ1) is 18.1. The number of methoxy groups -OCH3 is 1. The minimum absolute atomic E-state index is 0.0726. The van der Waals surface area contributed by atoms with E-state index in [2.05, 4.69) is 10.0 Å². The van der Waals surface area contributed by atoms with Crippen LogP contribution in [0.4, 0.5) is 24.5 Å². The number of halogens is 3. The summed E-state index contributed by atoms with van der Waals surface area (Å²) in [6.45, 7) is 2.32. The first-order valence-electron chi connectivity index (χ1n) is 11.4. The Morgan fingerprint density at radius 1 is 0.923 bits per heavy atom. The van der Waals surface area contributed by atoms with E-state index in [4.69, 9.17) is 4.74 Å². The highest BCUT2D eigenvalue weighted by Gasteiger charge is 2.33. The Morgan fingerprint density at radius 3 is 2.18 bits per heavy atom. The molecule has 1 amide bonds. The summed E-state index contributed by atoms with van der Waals surface area (Å²) in [5.41, 5.74) is -1.59. The molecule has 0 aliphatic heterocycles. The molecule has 0 heterocycles. The maximum atomic E-state index is 13.4. The number of ether oxygens (including phenoxy) is 1. The molecule has 0 spiro atoms. The smallest absolute Gasteiger partial charge is 0.416 e. The first-order valence-corrected chi connectivity index (χ1v) is 14.3. The Labute approximate surface area is 224 Å². The minimum Gasteiger partial charge on any atom is -0.495 e. The standard InChI is InChI=1S/C25H26F3N3O6S2/c1-17(2)30-38(33,34)21-12-13-23(37-3)22(15-21)29-24(32)16-31(39(35,36)20-10-5-4-6-11-20)19-9-7-8-18(14-19)25(26,27)28/h4-15,17,30H,16H2,1-3H3,(H,29,32). The van der Waals surface area contributed by atoms with Crippen LogP contribution in [0.3, 0.4) is 0 Å². The molecule has 0 saturated heterocycles. The van der Waals surface area contributed by atoms with Crippen molar-refractivity contribution in [2.24, 2.45) is 0 Å². The van der Waals surface area contributed by atoms with E-state index < -0.39 is 56.0 Å². The zero-order valence-electron chi connectivity index (χ0n) is 21.1. The number of alkyl halides is 3. The molecule has 0 aliphatic rings. The van der Waals surface area contributed by atoms with Crippen molar-refractivity contribution in [3.05, 3.63) is 78.4 Å². The minimum atomic E-state index is -4.76. The van der Waals surface area contributed by atoms with Gasteiger partial charge >= 0.3 is 6.18 Å². The van der Waals surface area contributed by atoms with Crippen LogP contribution in [-0.2, 0) is 31.0 Å². The lowest BCUT2D eigenvalue weighted by Crippen LogP contribution is -2.38. The number of carbonyl (C=O) groups is 1. The number of amides is 1. The molecule has 0 aromatic heterocycles. The Bertz CT molecular complexity index is 1540. The molecular weight excluding hydrogens is 559 g/mol. The molecule has 3 rings (SSSR count). The Kier molecular flexibility index (Phi) is 8.93. The highest BCUT2D eigenvalue weighted by atomic mass is 32.2. The number of nitrogens with zero attached hydrogens (tertiary/aromatic N) is 1. The van der Waals surface area contributed by atoms with E-state index in [0.717, 1.165) is 24.3 Å². The van der Waals surface area contributed by atoms with Gasteiger partial charge in [0, 0.05) is 6.04 Å². The molecule has 3 aromatic carbocycles. The van der Waals surface area contributed by atoms with Crippen LogP contribution in [0.15, 0.2) is 82.6 Å². The second-order valence-corrected chi connectivity index (χ2v) is 12.1. The molecule has 14 heteroatoms. The van der Waals surface area contributed by atoms with Gasteiger partial charge in [-0.25, -0.2) is 21.6 Å². The maximum Gasteiger partial charge on any atom is 0.416 e. The fourth-order valence-corrected chi connectivity index (χ4v) is 6.23. The average molecular weight is 586 g/mol. The maximum absolute atomic E-state index is 13.4. The van der Waals surface area contributed by atoms with Crippen molar-refractivity contribution < 1.29 is 39.5 Å². The van der Waals surface area contributed by atoms with Crippen LogP contribution >= 0.6 is 0 Å². The van der Waals surface area contributed by atoms with Crippen molar-refractivity contribution in [2.75, 3.05) is 23.3 Å². The predicted octanol–water partition coefficient (Wildman–Crippen LogP) is 4.23. The molecule has 0 bridgehead atoms. The van der Waals surface area contributed by atoms with Crippen molar-refractivity contribution in [1.29, 1.82) is 0 Å². The molecule has 3 aromatic rings. The molecule has 0 saturated carbocycles. The van der Waals surface area contributed by atoms with Gasteiger partial charge < -0.3 is 10.1 Å². The number of nitrogens with one attached hydrogen (secondary N) is 2. The van der Waals surface area contributed by atoms with Gasteiger partial charge in [0.15, 0.2) is 0 Å². The average Bonchev–Trinajstić information content (AvgIpc) is 2.86. The van der Waals surface area contributed by atoms with Crippen LogP contribution in [0.2, 0.25) is 0 Å². The summed E-state index contributed by atoms with van der Waals surface area (Å²) in [5.74, 6) is -0.889. The molecule has 2 N–H and O–H groups in total. The van der Waals surface area contributed by atoms with Gasteiger partial charge in [0.1, 0.15) is 12.3 Å². The number of carbonyl (C=O) groups excluding carboxylic acids is 1. The second kappa shape index (κ2) is 11.6. The Hall–Kier alpha value is -3.62. The van der Waals surface area contributed by atoms with Gasteiger partial charge in [0.2, 0.25) is 15.9 Å². The van der Waals surface area contributed by atoms with Gasteiger partial charge in [-0.15, -0.1) is 0 Å². The number of hydrogen-bond donors (Lipinski definition) is 2. The number of sulfonamides is 2. The lowest BCUT2D eigenvalue weighted by atomic mass is 10.2. The van der Waals surface area contributed by atoms with E-state index in [0.29, 0.717) is 10.4 Å². The zero-order chi connectivity index (χ0) is 29.0. The van der Waals surface area contributed by atoms with Crippen LogP contribution < -0.4 is 19.1 Å². The number of rotatable bonds is 10. The molecule has 0 unspecified atom stereocenters. The third-order valence-corrected chi connectivity index (χ3v) is 8.67.